The first kappa shape index (κ1) is 14.7. The van der Waals surface area contributed by atoms with Crippen molar-refractivity contribution in [3.63, 3.8) is 0 Å². The molecule has 0 rings (SSSR count). The van der Waals surface area contributed by atoms with Gasteiger partial charge in [-0.05, 0) is 32.3 Å². The van der Waals surface area contributed by atoms with Gasteiger partial charge in [0.05, 0.1) is 7.11 Å². The van der Waals surface area contributed by atoms with Crippen LogP contribution in [0.1, 0.15) is 40.5 Å². The molecule has 0 radical (unpaired) electrons. The normalized spacial score (nSPS) is 13.9. The van der Waals surface area contributed by atoms with Crippen molar-refractivity contribution in [1.82, 2.24) is 0 Å². The van der Waals surface area contributed by atoms with E-state index in [0.29, 0.717) is 5.76 Å². The number of allylic oxidation sites excluding steroid dienone is 3. The molecule has 0 aliphatic carbocycles. The number of rotatable bonds is 6. The Morgan fingerprint density at radius 1 is 1.19 bits per heavy atom. The topological polar surface area (TPSA) is 21.6 Å². The number of hydrogen-bond acceptors (Lipinski definition) is 2. The number of hydrogen-bond donors (Lipinski definition) is 0. The molecule has 0 aromatic carbocycles. The molecule has 0 saturated heterocycles. The highest BCUT2D eigenvalue weighted by Gasteiger charge is 2.05. The molecule has 0 aliphatic rings. The van der Waals surface area contributed by atoms with Crippen LogP contribution in [0.5, 0.6) is 0 Å². The SMILES string of the molecule is C=C(OC)C(=C/C)/N=C(CC)/C(=C\C)CC. The Morgan fingerprint density at radius 2 is 1.81 bits per heavy atom. The molecule has 2 nitrogen and oxygen atoms in total. The molecular weight excluding hydrogens is 198 g/mol. The predicted molar refractivity (Wildman–Crippen MR) is 71.7 cm³/mol. The summed E-state index contributed by atoms with van der Waals surface area (Å²) in [6.07, 6.45) is 5.96. The van der Waals surface area contributed by atoms with Crippen molar-refractivity contribution in [2.24, 2.45) is 4.99 Å². The van der Waals surface area contributed by atoms with Crippen LogP contribution in [-0.2, 0) is 4.74 Å². The summed E-state index contributed by atoms with van der Waals surface area (Å²) in [5, 5.41) is 0. The Bertz CT molecular complexity index is 322. The van der Waals surface area contributed by atoms with E-state index in [1.165, 1.54) is 5.57 Å². The molecule has 0 aromatic rings. The van der Waals surface area contributed by atoms with Crippen LogP contribution in [0, 0.1) is 0 Å². The summed E-state index contributed by atoms with van der Waals surface area (Å²) in [5.41, 5.74) is 3.20. The first-order chi connectivity index (χ1) is 7.64. The van der Waals surface area contributed by atoms with Crippen LogP contribution in [0.2, 0.25) is 0 Å². The van der Waals surface area contributed by atoms with Gasteiger partial charge in [-0.3, -0.25) is 0 Å². The number of methoxy groups -OCH3 is 1. The molecule has 2 heteroatoms. The average Bonchev–Trinajstić information content (AvgIpc) is 2.33. The fourth-order valence-corrected chi connectivity index (χ4v) is 1.49. The molecule has 0 bridgehead atoms. The van der Waals surface area contributed by atoms with E-state index in [9.17, 15) is 0 Å². The van der Waals surface area contributed by atoms with Crippen molar-refractivity contribution in [1.29, 1.82) is 0 Å². The van der Waals surface area contributed by atoms with Gasteiger partial charge < -0.3 is 4.74 Å². The van der Waals surface area contributed by atoms with E-state index in [4.69, 9.17) is 4.74 Å². The molecule has 0 heterocycles. The largest absolute Gasteiger partial charge is 0.495 e. The van der Waals surface area contributed by atoms with Gasteiger partial charge in [0.25, 0.3) is 0 Å². The second kappa shape index (κ2) is 7.91. The van der Waals surface area contributed by atoms with Crippen molar-refractivity contribution < 1.29 is 4.74 Å². The van der Waals surface area contributed by atoms with Crippen molar-refractivity contribution in [2.45, 2.75) is 40.5 Å². The first-order valence-corrected chi connectivity index (χ1v) is 5.77. The van der Waals surface area contributed by atoms with Crippen molar-refractivity contribution >= 4 is 5.71 Å². The van der Waals surface area contributed by atoms with Gasteiger partial charge in [0, 0.05) is 5.71 Å². The van der Waals surface area contributed by atoms with E-state index < -0.39 is 0 Å². The zero-order valence-electron chi connectivity index (χ0n) is 11.1. The number of aliphatic imine (C=N–C) groups is 1. The highest BCUT2D eigenvalue weighted by atomic mass is 16.5. The molecule has 0 atom stereocenters. The predicted octanol–water partition coefficient (Wildman–Crippen LogP) is 4.26. The molecule has 16 heavy (non-hydrogen) atoms. The van der Waals surface area contributed by atoms with E-state index in [1.807, 2.05) is 19.9 Å². The summed E-state index contributed by atoms with van der Waals surface area (Å²) in [6.45, 7) is 12.1. The Balaban J connectivity index is 5.15. The number of nitrogens with zero attached hydrogens (tertiary/aromatic N) is 1. The van der Waals surface area contributed by atoms with Crippen molar-refractivity contribution in [3.8, 4) is 0 Å². The lowest BCUT2D eigenvalue weighted by Gasteiger charge is -2.10. The summed E-state index contributed by atoms with van der Waals surface area (Å²) >= 11 is 0. The van der Waals surface area contributed by atoms with Crippen LogP contribution < -0.4 is 0 Å². The standard InChI is InChI=1S/C14H23NO/c1-7-12(8-2)14(10-4)15-13(9-3)11(5)16-6/h7,9H,5,8,10H2,1-4,6H3/b12-7-,13-9-,15-14+. The van der Waals surface area contributed by atoms with Crippen LogP contribution in [0.15, 0.2) is 40.8 Å². The third kappa shape index (κ3) is 4.05. The minimum atomic E-state index is 0.611. The first-order valence-electron chi connectivity index (χ1n) is 5.77. The van der Waals surface area contributed by atoms with Gasteiger partial charge in [-0.2, -0.15) is 0 Å². The summed E-state index contributed by atoms with van der Waals surface area (Å²) in [7, 11) is 1.61. The fraction of sp³-hybridized carbons (Fsp3) is 0.500. The van der Waals surface area contributed by atoms with E-state index in [0.717, 1.165) is 24.3 Å². The highest BCUT2D eigenvalue weighted by Crippen LogP contribution is 2.15. The third-order valence-corrected chi connectivity index (χ3v) is 2.50. The monoisotopic (exact) mass is 221 g/mol. The molecule has 0 N–H and O–H groups in total. The minimum absolute atomic E-state index is 0.611. The molecule has 0 saturated carbocycles. The molecule has 0 aliphatic heterocycles. The number of ether oxygens (including phenoxy) is 1. The van der Waals surface area contributed by atoms with Crippen LogP contribution in [0.25, 0.3) is 0 Å². The Labute approximate surface area is 99.4 Å². The van der Waals surface area contributed by atoms with Gasteiger partial charge in [-0.15, -0.1) is 0 Å². The lowest BCUT2D eigenvalue weighted by Crippen LogP contribution is -2.02. The Kier molecular flexibility index (Phi) is 7.27. The maximum Gasteiger partial charge on any atom is 0.136 e. The van der Waals surface area contributed by atoms with Crippen LogP contribution in [0.4, 0.5) is 0 Å². The maximum atomic E-state index is 5.11. The Hall–Kier alpha value is -1.31. The Morgan fingerprint density at radius 3 is 2.12 bits per heavy atom. The summed E-state index contributed by atoms with van der Waals surface area (Å²) in [5.74, 6) is 0.611. The quantitative estimate of drug-likeness (QED) is 0.373. The van der Waals surface area contributed by atoms with Crippen LogP contribution >= 0.6 is 0 Å². The van der Waals surface area contributed by atoms with E-state index in [1.54, 1.807) is 7.11 Å². The average molecular weight is 221 g/mol. The van der Waals surface area contributed by atoms with Gasteiger partial charge >= 0.3 is 0 Å². The molecular formula is C14H23NO. The van der Waals surface area contributed by atoms with Crippen LogP contribution in [-0.4, -0.2) is 12.8 Å². The second-order valence-corrected chi connectivity index (χ2v) is 3.38. The van der Waals surface area contributed by atoms with Gasteiger partial charge in [-0.25, -0.2) is 4.99 Å². The van der Waals surface area contributed by atoms with Crippen LogP contribution in [0.3, 0.4) is 0 Å². The molecule has 0 amide bonds. The van der Waals surface area contributed by atoms with Crippen molar-refractivity contribution in [2.75, 3.05) is 7.11 Å². The van der Waals surface area contributed by atoms with E-state index in [-0.39, 0.29) is 0 Å². The van der Waals surface area contributed by atoms with Gasteiger partial charge in [-0.1, -0.05) is 32.6 Å². The fourth-order valence-electron chi connectivity index (χ4n) is 1.49. The highest BCUT2D eigenvalue weighted by molar-refractivity contribution is 6.00. The maximum absolute atomic E-state index is 5.11. The summed E-state index contributed by atoms with van der Waals surface area (Å²) in [4.78, 5) is 4.61. The molecule has 0 spiro atoms. The van der Waals surface area contributed by atoms with E-state index >= 15 is 0 Å². The summed E-state index contributed by atoms with van der Waals surface area (Å²) in [6, 6.07) is 0. The third-order valence-electron chi connectivity index (χ3n) is 2.50. The zero-order valence-corrected chi connectivity index (χ0v) is 11.1. The summed E-state index contributed by atoms with van der Waals surface area (Å²) < 4.78 is 5.11. The molecule has 0 unspecified atom stereocenters. The van der Waals surface area contributed by atoms with Crippen molar-refractivity contribution in [3.05, 3.63) is 35.8 Å². The van der Waals surface area contributed by atoms with Gasteiger partial charge in [0.1, 0.15) is 11.5 Å². The van der Waals surface area contributed by atoms with Gasteiger partial charge in [0.2, 0.25) is 0 Å². The van der Waals surface area contributed by atoms with E-state index in [2.05, 4.69) is 31.5 Å². The molecule has 0 fully saturated rings. The lowest BCUT2D eigenvalue weighted by molar-refractivity contribution is 0.302. The van der Waals surface area contributed by atoms with Gasteiger partial charge in [0.15, 0.2) is 0 Å². The molecule has 90 valence electrons. The zero-order chi connectivity index (χ0) is 12.6. The lowest BCUT2D eigenvalue weighted by atomic mass is 10.1. The minimum Gasteiger partial charge on any atom is -0.495 e. The molecule has 0 aromatic heterocycles. The smallest absolute Gasteiger partial charge is 0.136 e. The second-order valence-electron chi connectivity index (χ2n) is 3.38.